The maximum absolute atomic E-state index is 11.2. The van der Waals surface area contributed by atoms with Crippen molar-refractivity contribution >= 4 is 11.6 Å². The predicted octanol–water partition coefficient (Wildman–Crippen LogP) is 2.67. The highest BCUT2D eigenvalue weighted by Gasteiger charge is 2.18. The number of anilines is 1. The molecule has 0 radical (unpaired) electrons. The third kappa shape index (κ3) is 6.38. The minimum atomic E-state index is -0.909. The molecule has 1 aromatic carbocycles. The van der Waals surface area contributed by atoms with Gasteiger partial charge in [0.25, 0.3) is 5.89 Å². The van der Waals surface area contributed by atoms with Crippen molar-refractivity contribution in [1.82, 2.24) is 20.4 Å². The Labute approximate surface area is 211 Å². The van der Waals surface area contributed by atoms with E-state index in [1.807, 2.05) is 45.0 Å². The van der Waals surface area contributed by atoms with Crippen LogP contribution in [-0.2, 0) is 11.2 Å². The molecule has 0 aliphatic carbocycles. The lowest BCUT2D eigenvalue weighted by Crippen LogP contribution is -2.36. The molecule has 3 aromatic rings. The molecular formula is C26H35N5O5. The van der Waals surface area contributed by atoms with Gasteiger partial charge in [-0.05, 0) is 69.5 Å². The second kappa shape index (κ2) is 12.5. The summed E-state index contributed by atoms with van der Waals surface area (Å²) in [4.78, 5) is 22.7. The average molecular weight is 498 g/mol. The van der Waals surface area contributed by atoms with E-state index in [-0.39, 0.29) is 13.2 Å². The van der Waals surface area contributed by atoms with Crippen LogP contribution in [0.5, 0.6) is 5.75 Å². The van der Waals surface area contributed by atoms with Crippen molar-refractivity contribution in [3.05, 3.63) is 41.1 Å². The average Bonchev–Trinajstić information content (AvgIpc) is 3.38. The maximum Gasteiger partial charge on any atom is 0.276 e. The Hall–Kier alpha value is -3.50. The molecule has 0 spiro atoms. The number of pyridine rings is 1. The normalized spacial score (nSPS) is 11.9. The Kier molecular flexibility index (Phi) is 9.38. The SMILES string of the molecule is CCc1cc(-c2noc(-c3ccc(N(CC)CC)c(C)n3)n2)cc(C)c1OC[C@@H](O)CNC(=O)CO. The van der Waals surface area contributed by atoms with Crippen LogP contribution >= 0.6 is 0 Å². The van der Waals surface area contributed by atoms with Crippen LogP contribution < -0.4 is 15.0 Å². The van der Waals surface area contributed by atoms with Crippen LogP contribution in [-0.4, -0.2) is 70.2 Å². The van der Waals surface area contributed by atoms with Gasteiger partial charge >= 0.3 is 0 Å². The first-order valence-electron chi connectivity index (χ1n) is 12.2. The molecule has 0 unspecified atom stereocenters. The second-order valence-corrected chi connectivity index (χ2v) is 8.46. The molecule has 0 bridgehead atoms. The predicted molar refractivity (Wildman–Crippen MR) is 137 cm³/mol. The van der Waals surface area contributed by atoms with Crippen molar-refractivity contribution in [3.8, 4) is 28.7 Å². The lowest BCUT2D eigenvalue weighted by molar-refractivity contribution is -0.124. The fraction of sp³-hybridized carbons (Fsp3) is 0.462. The highest BCUT2D eigenvalue weighted by atomic mass is 16.5. The first-order chi connectivity index (χ1) is 17.3. The van der Waals surface area contributed by atoms with Crippen LogP contribution in [0, 0.1) is 13.8 Å². The minimum absolute atomic E-state index is 0.000237. The number of hydrogen-bond acceptors (Lipinski definition) is 9. The largest absolute Gasteiger partial charge is 0.490 e. The van der Waals surface area contributed by atoms with Crippen LogP contribution in [0.4, 0.5) is 5.69 Å². The summed E-state index contributed by atoms with van der Waals surface area (Å²) < 4.78 is 11.4. The molecule has 36 heavy (non-hydrogen) atoms. The summed E-state index contributed by atoms with van der Waals surface area (Å²) in [5, 5.41) is 25.4. The molecule has 0 aliphatic rings. The summed E-state index contributed by atoms with van der Waals surface area (Å²) in [7, 11) is 0. The van der Waals surface area contributed by atoms with Crippen LogP contribution in [0.25, 0.3) is 23.0 Å². The van der Waals surface area contributed by atoms with E-state index in [9.17, 15) is 9.90 Å². The van der Waals surface area contributed by atoms with E-state index in [0.29, 0.717) is 29.6 Å². The topological polar surface area (TPSA) is 134 Å². The molecule has 10 nitrogen and oxygen atoms in total. The fourth-order valence-corrected chi connectivity index (χ4v) is 3.99. The van der Waals surface area contributed by atoms with Gasteiger partial charge in [0.05, 0.1) is 11.4 Å². The molecule has 0 saturated carbocycles. The zero-order chi connectivity index (χ0) is 26.2. The number of carbonyl (C=O) groups is 1. The number of nitrogens with zero attached hydrogens (tertiary/aromatic N) is 4. The molecule has 10 heteroatoms. The van der Waals surface area contributed by atoms with Crippen molar-refractivity contribution in [1.29, 1.82) is 0 Å². The van der Waals surface area contributed by atoms with Crippen molar-refractivity contribution in [2.24, 2.45) is 0 Å². The van der Waals surface area contributed by atoms with E-state index < -0.39 is 18.6 Å². The van der Waals surface area contributed by atoms with Crippen LogP contribution in [0.2, 0.25) is 0 Å². The van der Waals surface area contributed by atoms with E-state index in [4.69, 9.17) is 14.4 Å². The van der Waals surface area contributed by atoms with Gasteiger partial charge < -0.3 is 29.7 Å². The van der Waals surface area contributed by atoms with E-state index in [1.54, 1.807) is 0 Å². The Bertz CT molecular complexity index is 1180. The molecule has 0 aliphatic heterocycles. The zero-order valence-electron chi connectivity index (χ0n) is 21.5. The van der Waals surface area contributed by atoms with Gasteiger partial charge in [-0.1, -0.05) is 12.1 Å². The van der Waals surface area contributed by atoms with Gasteiger partial charge in [-0.25, -0.2) is 4.98 Å². The fourth-order valence-electron chi connectivity index (χ4n) is 3.99. The van der Waals surface area contributed by atoms with E-state index in [2.05, 4.69) is 39.2 Å². The third-order valence-electron chi connectivity index (χ3n) is 5.90. The summed E-state index contributed by atoms with van der Waals surface area (Å²) >= 11 is 0. The number of nitrogens with one attached hydrogen (secondary N) is 1. The van der Waals surface area contributed by atoms with Crippen molar-refractivity contribution in [2.45, 2.75) is 47.1 Å². The van der Waals surface area contributed by atoms with Crippen LogP contribution in [0.3, 0.4) is 0 Å². The van der Waals surface area contributed by atoms with Crippen molar-refractivity contribution in [3.63, 3.8) is 0 Å². The Balaban J connectivity index is 1.78. The molecule has 3 rings (SSSR count). The minimum Gasteiger partial charge on any atom is -0.490 e. The summed E-state index contributed by atoms with van der Waals surface area (Å²) in [6.45, 7) is 11.3. The number of aliphatic hydroxyl groups excluding tert-OH is 2. The van der Waals surface area contributed by atoms with Crippen LogP contribution in [0.15, 0.2) is 28.8 Å². The highest BCUT2D eigenvalue weighted by Crippen LogP contribution is 2.31. The van der Waals surface area contributed by atoms with E-state index in [0.717, 1.165) is 41.2 Å². The van der Waals surface area contributed by atoms with Gasteiger partial charge in [-0.15, -0.1) is 0 Å². The number of aliphatic hydroxyl groups is 2. The summed E-state index contributed by atoms with van der Waals surface area (Å²) in [5.74, 6) is 0.923. The molecule has 2 aromatic heterocycles. The van der Waals surface area contributed by atoms with Gasteiger partial charge in [0.2, 0.25) is 11.7 Å². The lowest BCUT2D eigenvalue weighted by Gasteiger charge is -2.22. The standard InChI is InChI=1S/C26H35N5O5/c1-6-18-12-19(11-16(4)24(18)35-15-20(33)13-27-23(34)14-32)25-29-26(36-30-25)21-9-10-22(17(5)28-21)31(7-2)8-3/h9-12,20,32-33H,6-8,13-15H2,1-5H3,(H,27,34)/t20-/m0/s1. The number of rotatable bonds is 12. The van der Waals surface area contributed by atoms with E-state index in [1.165, 1.54) is 0 Å². The first kappa shape index (κ1) is 27.1. The Morgan fingerprint density at radius 2 is 1.92 bits per heavy atom. The number of carbonyl (C=O) groups excluding carboxylic acids is 1. The number of aromatic nitrogens is 3. The van der Waals surface area contributed by atoms with Gasteiger partial charge in [-0.3, -0.25) is 4.79 Å². The molecule has 3 N–H and O–H groups in total. The Morgan fingerprint density at radius 3 is 2.56 bits per heavy atom. The molecular weight excluding hydrogens is 462 g/mol. The summed E-state index contributed by atoms with van der Waals surface area (Å²) in [6, 6.07) is 7.78. The van der Waals surface area contributed by atoms with Crippen molar-refractivity contribution < 1.29 is 24.3 Å². The number of amides is 1. The number of hydrogen-bond donors (Lipinski definition) is 3. The molecule has 1 amide bonds. The lowest BCUT2D eigenvalue weighted by atomic mass is 10.0. The van der Waals surface area contributed by atoms with E-state index >= 15 is 0 Å². The zero-order valence-corrected chi connectivity index (χ0v) is 21.5. The number of aryl methyl sites for hydroxylation is 3. The summed E-state index contributed by atoms with van der Waals surface area (Å²) in [6.07, 6.45) is -0.215. The molecule has 1 atom stereocenters. The third-order valence-corrected chi connectivity index (χ3v) is 5.90. The monoisotopic (exact) mass is 497 g/mol. The quantitative estimate of drug-likeness (QED) is 0.345. The maximum atomic E-state index is 11.2. The van der Waals surface area contributed by atoms with Gasteiger partial charge in [-0.2, -0.15) is 4.98 Å². The van der Waals surface area contributed by atoms with Gasteiger partial charge in [0.15, 0.2) is 0 Å². The second-order valence-electron chi connectivity index (χ2n) is 8.46. The van der Waals surface area contributed by atoms with Gasteiger partial charge in [0.1, 0.15) is 30.8 Å². The molecule has 0 fully saturated rings. The van der Waals surface area contributed by atoms with Gasteiger partial charge in [0, 0.05) is 25.2 Å². The summed E-state index contributed by atoms with van der Waals surface area (Å²) in [5.41, 5.74) is 5.19. The Morgan fingerprint density at radius 1 is 1.17 bits per heavy atom. The number of ether oxygens (including phenoxy) is 1. The highest BCUT2D eigenvalue weighted by molar-refractivity contribution is 5.76. The van der Waals surface area contributed by atoms with Crippen LogP contribution in [0.1, 0.15) is 37.6 Å². The number of benzene rings is 1. The molecule has 0 saturated heterocycles. The molecule has 194 valence electrons. The van der Waals surface area contributed by atoms with Crippen molar-refractivity contribution in [2.75, 3.05) is 37.7 Å². The molecule has 2 heterocycles. The first-order valence-corrected chi connectivity index (χ1v) is 12.2. The smallest absolute Gasteiger partial charge is 0.276 e.